The summed E-state index contributed by atoms with van der Waals surface area (Å²) in [5, 5.41) is 3.95. The molecule has 1 aromatic rings. The Balaban J connectivity index is 1.88. The van der Waals surface area contributed by atoms with Gasteiger partial charge in [-0.3, -0.25) is 18.9 Å². The molecule has 0 spiro atoms. The normalized spacial score (nSPS) is 15.8. The van der Waals surface area contributed by atoms with Crippen LogP contribution in [0.3, 0.4) is 0 Å². The van der Waals surface area contributed by atoms with E-state index in [9.17, 15) is 18.4 Å². The highest BCUT2D eigenvalue weighted by molar-refractivity contribution is 5.90. The number of nitrogens with one attached hydrogen (secondary N) is 1. The molecule has 0 aliphatic carbocycles. The van der Waals surface area contributed by atoms with Crippen LogP contribution in [0.25, 0.3) is 0 Å². The Morgan fingerprint density at radius 1 is 1.45 bits per heavy atom. The topological polar surface area (TPSA) is 100 Å². The molecule has 1 atom stereocenters. The molecule has 0 saturated carbocycles. The van der Waals surface area contributed by atoms with E-state index >= 15 is 0 Å². The number of hydrogen-bond acceptors (Lipinski definition) is 7. The van der Waals surface area contributed by atoms with Gasteiger partial charge < -0.3 is 20.7 Å². The second-order valence-electron chi connectivity index (χ2n) is 7.01. The molecule has 1 aromatic carbocycles. The predicted molar refractivity (Wildman–Crippen MR) is 113 cm³/mol. The molecule has 2 amide bonds. The van der Waals surface area contributed by atoms with Crippen LogP contribution in [0.2, 0.25) is 0 Å². The van der Waals surface area contributed by atoms with E-state index in [0.29, 0.717) is 37.4 Å². The molecule has 1 saturated heterocycles. The first-order valence-electron chi connectivity index (χ1n) is 10.3. The molecule has 2 rings (SSSR count). The average Bonchev–Trinajstić information content (AvgIpc) is 3.15. The first-order valence-corrected chi connectivity index (χ1v) is 10.3. The number of hydroxylamine groups is 2. The fraction of sp³-hybridized carbons (Fsp3) is 0.600. The van der Waals surface area contributed by atoms with Gasteiger partial charge in [-0.25, -0.2) is 14.2 Å². The number of amides is 2. The minimum Gasteiger partial charge on any atom is -0.443 e. The quantitative estimate of drug-likeness (QED) is 0.350. The number of carbonyl (C=O) groups is 2. The summed E-state index contributed by atoms with van der Waals surface area (Å²) in [4.78, 5) is 32.4. The number of hydrogen-bond donors (Lipinski definition) is 2. The van der Waals surface area contributed by atoms with E-state index in [1.807, 2.05) is 6.92 Å². The molecule has 174 valence electrons. The Morgan fingerprint density at radius 3 is 2.84 bits per heavy atom. The van der Waals surface area contributed by atoms with E-state index in [-0.39, 0.29) is 32.1 Å². The summed E-state index contributed by atoms with van der Waals surface area (Å²) in [7, 11) is 1.49. The van der Waals surface area contributed by atoms with Crippen LogP contribution < -0.4 is 20.9 Å². The zero-order chi connectivity index (χ0) is 22.8. The lowest BCUT2D eigenvalue weighted by atomic mass is 10.2. The van der Waals surface area contributed by atoms with Gasteiger partial charge in [0.2, 0.25) is 0 Å². The van der Waals surface area contributed by atoms with Crippen molar-refractivity contribution in [3.63, 3.8) is 0 Å². The molecule has 3 N–H and O–H groups in total. The number of alkyl halides is 1. The number of carbonyl (C=O) groups excluding carboxylic acids is 2. The van der Waals surface area contributed by atoms with Crippen LogP contribution in [-0.4, -0.2) is 82.8 Å². The highest BCUT2D eigenvalue weighted by atomic mass is 19.1. The van der Waals surface area contributed by atoms with Crippen molar-refractivity contribution in [2.24, 2.45) is 5.73 Å². The number of anilines is 2. The molecule has 1 aliphatic rings. The zero-order valence-corrected chi connectivity index (χ0v) is 18.0. The Morgan fingerprint density at radius 2 is 2.23 bits per heavy atom. The van der Waals surface area contributed by atoms with Crippen LogP contribution >= 0.6 is 0 Å². The van der Waals surface area contributed by atoms with E-state index in [2.05, 4.69) is 5.32 Å². The fourth-order valence-corrected chi connectivity index (χ4v) is 3.08. The highest BCUT2D eigenvalue weighted by Gasteiger charge is 2.31. The fourth-order valence-electron chi connectivity index (χ4n) is 3.08. The second kappa shape index (κ2) is 12.4. The first-order chi connectivity index (χ1) is 14.9. The Labute approximate surface area is 181 Å². The van der Waals surface area contributed by atoms with Crippen LogP contribution in [0.4, 0.5) is 25.0 Å². The van der Waals surface area contributed by atoms with Gasteiger partial charge in [0.15, 0.2) is 0 Å². The molecule has 31 heavy (non-hydrogen) atoms. The Kier molecular flexibility index (Phi) is 9.89. The summed E-state index contributed by atoms with van der Waals surface area (Å²) >= 11 is 0. The van der Waals surface area contributed by atoms with Crippen molar-refractivity contribution < 1.29 is 27.9 Å². The van der Waals surface area contributed by atoms with Crippen molar-refractivity contribution in [3.05, 3.63) is 24.0 Å². The number of rotatable bonds is 13. The van der Waals surface area contributed by atoms with Gasteiger partial charge >= 0.3 is 6.09 Å². The van der Waals surface area contributed by atoms with Gasteiger partial charge in [-0.05, 0) is 38.1 Å². The third-order valence-electron chi connectivity index (χ3n) is 4.86. The van der Waals surface area contributed by atoms with Crippen molar-refractivity contribution in [3.8, 4) is 0 Å². The molecule has 9 nitrogen and oxygen atoms in total. The molecule has 0 bridgehead atoms. The summed E-state index contributed by atoms with van der Waals surface area (Å²) in [6.45, 7) is 3.42. The minimum absolute atomic E-state index is 0.0496. The number of nitrogens with zero attached hydrogens (tertiary/aromatic N) is 3. The van der Waals surface area contributed by atoms with Crippen LogP contribution in [-0.2, 0) is 14.4 Å². The molecule has 0 aromatic heterocycles. The smallest absolute Gasteiger partial charge is 0.414 e. The predicted octanol–water partition coefficient (Wildman–Crippen LogP) is 1.28. The highest BCUT2D eigenvalue weighted by Crippen LogP contribution is 2.27. The van der Waals surface area contributed by atoms with Gasteiger partial charge in [-0.15, -0.1) is 0 Å². The Bertz CT molecular complexity index is 740. The number of benzene rings is 1. The van der Waals surface area contributed by atoms with E-state index in [1.54, 1.807) is 17.0 Å². The molecular formula is C20H31F2N5O4. The van der Waals surface area contributed by atoms with Crippen molar-refractivity contribution in [2.45, 2.75) is 19.4 Å². The van der Waals surface area contributed by atoms with Crippen molar-refractivity contribution in [1.82, 2.24) is 10.4 Å². The lowest BCUT2D eigenvalue weighted by molar-refractivity contribution is -0.176. The molecule has 0 unspecified atom stereocenters. The largest absolute Gasteiger partial charge is 0.443 e. The van der Waals surface area contributed by atoms with Crippen molar-refractivity contribution in [1.29, 1.82) is 0 Å². The van der Waals surface area contributed by atoms with E-state index in [1.165, 1.54) is 18.0 Å². The maximum absolute atomic E-state index is 14.8. The third kappa shape index (κ3) is 7.01. The van der Waals surface area contributed by atoms with Gasteiger partial charge in [-0.1, -0.05) is 0 Å². The monoisotopic (exact) mass is 443 g/mol. The summed E-state index contributed by atoms with van der Waals surface area (Å²) in [6, 6.07) is 4.54. The minimum atomic E-state index is -0.546. The van der Waals surface area contributed by atoms with Gasteiger partial charge in [0.1, 0.15) is 11.9 Å². The molecular weight excluding hydrogens is 412 g/mol. The van der Waals surface area contributed by atoms with E-state index in [0.717, 1.165) is 5.06 Å². The summed E-state index contributed by atoms with van der Waals surface area (Å²) in [5.41, 5.74) is 6.30. The maximum atomic E-state index is 14.8. The second-order valence-corrected chi connectivity index (χ2v) is 7.01. The van der Waals surface area contributed by atoms with Crippen molar-refractivity contribution >= 4 is 23.4 Å². The lowest BCUT2D eigenvalue weighted by Gasteiger charge is -2.26. The maximum Gasteiger partial charge on any atom is 0.414 e. The molecule has 1 fully saturated rings. The van der Waals surface area contributed by atoms with Crippen LogP contribution in [0, 0.1) is 5.82 Å². The molecule has 11 heteroatoms. The van der Waals surface area contributed by atoms with Crippen molar-refractivity contribution in [2.75, 3.05) is 69.4 Å². The van der Waals surface area contributed by atoms with Crippen LogP contribution in [0.15, 0.2) is 18.2 Å². The lowest BCUT2D eigenvalue weighted by Crippen LogP contribution is -2.38. The summed E-state index contributed by atoms with van der Waals surface area (Å²) in [6.07, 6.45) is -0.603. The number of ether oxygens (including phenoxy) is 1. The first kappa shape index (κ1) is 24.8. The number of likely N-dealkylation sites (N-methyl/N-ethyl adjacent to an activating group) is 2. The van der Waals surface area contributed by atoms with Gasteiger partial charge in [0.05, 0.1) is 37.7 Å². The van der Waals surface area contributed by atoms with Gasteiger partial charge in [0, 0.05) is 26.7 Å². The van der Waals surface area contributed by atoms with Crippen LogP contribution in [0.1, 0.15) is 13.3 Å². The standard InChI is InChI=1S/C20H31F2N5O4/c1-3-26(9-10-30-25(2)19(28)13-24-8-4-7-21)18-6-5-15(11-17(18)22)27-14-16(12-23)31-20(27)29/h5-6,11,16,24H,3-4,7-10,12-14,23H2,1-2H3/t16-/m0/s1. The molecule has 0 radical (unpaired) electrons. The molecule has 1 aliphatic heterocycles. The van der Waals surface area contributed by atoms with Crippen LogP contribution in [0.5, 0.6) is 0 Å². The summed E-state index contributed by atoms with van der Waals surface area (Å²) in [5.74, 6) is -0.768. The van der Waals surface area contributed by atoms with Gasteiger partial charge in [0.25, 0.3) is 5.91 Å². The van der Waals surface area contributed by atoms with E-state index in [4.69, 9.17) is 15.3 Å². The van der Waals surface area contributed by atoms with E-state index < -0.39 is 24.7 Å². The number of halogens is 2. The average molecular weight is 443 g/mol. The van der Waals surface area contributed by atoms with Gasteiger partial charge in [-0.2, -0.15) is 0 Å². The third-order valence-corrected chi connectivity index (χ3v) is 4.86. The Hall–Kier alpha value is -2.50. The zero-order valence-electron chi connectivity index (χ0n) is 18.0. The number of nitrogens with two attached hydrogens (primary N) is 1. The SMILES string of the molecule is CCN(CCON(C)C(=O)CNCCCF)c1ccc(N2C[C@H](CN)OC2=O)cc1F. The molecule has 1 heterocycles. The number of cyclic esters (lactones) is 1. The summed E-state index contributed by atoms with van der Waals surface area (Å²) < 4.78 is 31.9.